The molecular weight excluding hydrogens is 432 g/mol. The van der Waals surface area contributed by atoms with Gasteiger partial charge in [-0.3, -0.25) is 19.9 Å². The third-order valence-electron chi connectivity index (χ3n) is 6.57. The van der Waals surface area contributed by atoms with Crippen LogP contribution in [0, 0.1) is 12.8 Å². The summed E-state index contributed by atoms with van der Waals surface area (Å²) in [4.78, 5) is 31.1. The minimum atomic E-state index is -1.12. The zero-order chi connectivity index (χ0) is 24.8. The minimum absolute atomic E-state index is 0.191. The van der Waals surface area contributed by atoms with Crippen molar-refractivity contribution in [2.24, 2.45) is 5.92 Å². The highest BCUT2D eigenvalue weighted by molar-refractivity contribution is 5.68. The molecule has 2 aromatic rings. The van der Waals surface area contributed by atoms with Gasteiger partial charge in [-0.2, -0.15) is 0 Å². The van der Waals surface area contributed by atoms with Crippen molar-refractivity contribution >= 4 is 11.7 Å². The third kappa shape index (κ3) is 6.67. The molecule has 186 valence electrons. The van der Waals surface area contributed by atoms with E-state index < -0.39 is 24.3 Å². The quantitative estimate of drug-likeness (QED) is 0.455. The predicted molar refractivity (Wildman–Crippen MR) is 133 cm³/mol. The van der Waals surface area contributed by atoms with Crippen LogP contribution >= 0.6 is 0 Å². The van der Waals surface area contributed by atoms with E-state index in [0.717, 1.165) is 30.6 Å². The number of hydrogen-bond acceptors (Lipinski definition) is 6. The summed E-state index contributed by atoms with van der Waals surface area (Å²) >= 11 is 0. The fourth-order valence-electron chi connectivity index (χ4n) is 4.78. The number of aromatic nitrogens is 2. The van der Waals surface area contributed by atoms with Gasteiger partial charge in [-0.25, -0.2) is 0 Å². The van der Waals surface area contributed by atoms with Gasteiger partial charge in [0.2, 0.25) is 0 Å². The molecule has 3 heterocycles. The summed E-state index contributed by atoms with van der Waals surface area (Å²) in [6.07, 6.45) is 7.82. The zero-order valence-electron chi connectivity index (χ0n) is 20.6. The molecule has 0 aromatic carbocycles. The van der Waals surface area contributed by atoms with Crippen molar-refractivity contribution in [3.8, 4) is 0 Å². The van der Waals surface area contributed by atoms with E-state index in [1.54, 1.807) is 18.5 Å². The number of aliphatic hydroxyl groups is 1. The van der Waals surface area contributed by atoms with E-state index >= 15 is 0 Å². The topological polar surface area (TPSA) is 108 Å². The smallest absolute Gasteiger partial charge is 0.305 e. The average molecular weight is 471 g/mol. The van der Waals surface area contributed by atoms with E-state index in [9.17, 15) is 19.8 Å². The number of aliphatic hydroxyl groups excluding tert-OH is 1. The second-order valence-electron chi connectivity index (χ2n) is 9.92. The molecule has 0 amide bonds. The van der Waals surface area contributed by atoms with Crippen molar-refractivity contribution in [3.63, 3.8) is 0 Å². The first-order valence-corrected chi connectivity index (χ1v) is 12.2. The average Bonchev–Trinajstić information content (AvgIpc) is 2.77. The standard InChI is InChI=1S/C26H38N4O4/c1-17(2)11-23(30-10-8-18(3)12-24(30)31)26(34)28-22(14-25(32)33)20-13-21(16-27-15-20)29-9-6-5-7-19(29)4/h8,10,12-13,15-17,19,22-23,26,28,34H,5-7,9,11,14H2,1-4H3,(H,32,33)/t19-,22+,23?,26?/m0/s1. The lowest BCUT2D eigenvalue weighted by Crippen LogP contribution is -2.43. The highest BCUT2D eigenvalue weighted by Gasteiger charge is 2.28. The van der Waals surface area contributed by atoms with E-state index in [2.05, 4.69) is 22.1 Å². The Morgan fingerprint density at radius 1 is 1.26 bits per heavy atom. The molecule has 1 fully saturated rings. The summed E-state index contributed by atoms with van der Waals surface area (Å²) in [5, 5.41) is 23.9. The number of nitrogens with zero attached hydrogens (tertiary/aromatic N) is 3. The first kappa shape index (κ1) is 25.9. The van der Waals surface area contributed by atoms with Crippen molar-refractivity contribution in [3.05, 3.63) is 58.3 Å². The van der Waals surface area contributed by atoms with Gasteiger partial charge in [0, 0.05) is 37.1 Å². The van der Waals surface area contributed by atoms with Gasteiger partial charge in [0.15, 0.2) is 0 Å². The number of aryl methyl sites for hydroxylation is 1. The van der Waals surface area contributed by atoms with Crippen molar-refractivity contribution in [2.45, 2.75) is 84.2 Å². The Balaban J connectivity index is 1.89. The van der Waals surface area contributed by atoms with Crippen molar-refractivity contribution in [1.29, 1.82) is 0 Å². The van der Waals surface area contributed by atoms with Crippen molar-refractivity contribution in [1.82, 2.24) is 14.9 Å². The van der Waals surface area contributed by atoms with Crippen LogP contribution in [0.2, 0.25) is 0 Å². The molecule has 0 spiro atoms. The molecule has 1 aliphatic rings. The van der Waals surface area contributed by atoms with Gasteiger partial charge in [0.05, 0.1) is 24.3 Å². The predicted octanol–water partition coefficient (Wildman–Crippen LogP) is 3.64. The summed E-state index contributed by atoms with van der Waals surface area (Å²) in [6, 6.07) is 4.55. The van der Waals surface area contributed by atoms with Crippen LogP contribution in [0.1, 0.15) is 76.1 Å². The Bertz CT molecular complexity index is 1020. The lowest BCUT2D eigenvalue weighted by Gasteiger charge is -2.36. The maximum Gasteiger partial charge on any atom is 0.305 e. The van der Waals surface area contributed by atoms with E-state index in [4.69, 9.17) is 0 Å². The lowest BCUT2D eigenvalue weighted by atomic mass is 9.99. The Morgan fingerprint density at radius 2 is 2.03 bits per heavy atom. The van der Waals surface area contributed by atoms with Gasteiger partial charge in [-0.05, 0) is 68.7 Å². The summed E-state index contributed by atoms with van der Waals surface area (Å²) < 4.78 is 1.53. The van der Waals surface area contributed by atoms with Crippen LogP contribution in [0.25, 0.3) is 0 Å². The largest absolute Gasteiger partial charge is 0.481 e. The van der Waals surface area contributed by atoms with E-state index in [1.807, 2.05) is 39.1 Å². The number of carboxylic acid groups (broad SMARTS) is 1. The Hall–Kier alpha value is -2.71. The molecule has 0 saturated carbocycles. The van der Waals surface area contributed by atoms with Crippen molar-refractivity contribution in [2.75, 3.05) is 11.4 Å². The van der Waals surface area contributed by atoms with Crippen LogP contribution in [0.3, 0.4) is 0 Å². The molecule has 2 aromatic heterocycles. The van der Waals surface area contributed by atoms with E-state index in [1.165, 1.54) is 11.0 Å². The third-order valence-corrected chi connectivity index (χ3v) is 6.57. The number of anilines is 1. The fraction of sp³-hybridized carbons (Fsp3) is 0.577. The van der Waals surface area contributed by atoms with E-state index in [-0.39, 0.29) is 17.9 Å². The highest BCUT2D eigenvalue weighted by atomic mass is 16.4. The monoisotopic (exact) mass is 470 g/mol. The lowest BCUT2D eigenvalue weighted by molar-refractivity contribution is -0.137. The zero-order valence-corrected chi connectivity index (χ0v) is 20.6. The number of piperidine rings is 1. The molecule has 0 radical (unpaired) electrons. The number of nitrogens with one attached hydrogen (secondary N) is 1. The number of hydrogen-bond donors (Lipinski definition) is 3. The first-order chi connectivity index (χ1) is 16.2. The van der Waals surface area contributed by atoms with Crippen molar-refractivity contribution < 1.29 is 15.0 Å². The van der Waals surface area contributed by atoms with Gasteiger partial charge in [0.25, 0.3) is 5.56 Å². The molecule has 0 bridgehead atoms. The molecule has 34 heavy (non-hydrogen) atoms. The molecule has 0 aliphatic carbocycles. The van der Waals surface area contributed by atoms with Crippen LogP contribution in [-0.2, 0) is 4.79 Å². The van der Waals surface area contributed by atoms with E-state index in [0.29, 0.717) is 18.0 Å². The Kier molecular flexibility index (Phi) is 8.85. The number of pyridine rings is 2. The molecule has 1 saturated heterocycles. The molecule has 2 unspecified atom stereocenters. The molecule has 4 atom stereocenters. The van der Waals surface area contributed by atoms with Crippen LogP contribution in [-0.4, -0.2) is 44.5 Å². The normalized spacial score (nSPS) is 19.1. The Labute approximate surface area is 201 Å². The van der Waals surface area contributed by atoms with Crippen LogP contribution in [0.15, 0.2) is 41.6 Å². The number of carboxylic acids is 1. The molecule has 1 aliphatic heterocycles. The van der Waals surface area contributed by atoms with Gasteiger partial charge < -0.3 is 19.7 Å². The summed E-state index contributed by atoms with van der Waals surface area (Å²) in [7, 11) is 0. The van der Waals surface area contributed by atoms with Crippen LogP contribution in [0.5, 0.6) is 0 Å². The maximum absolute atomic E-state index is 12.7. The maximum atomic E-state index is 12.7. The van der Waals surface area contributed by atoms with Gasteiger partial charge in [-0.1, -0.05) is 13.8 Å². The second kappa shape index (κ2) is 11.6. The minimum Gasteiger partial charge on any atom is -0.481 e. The molecule has 3 rings (SSSR count). The van der Waals surface area contributed by atoms with Gasteiger partial charge >= 0.3 is 5.97 Å². The number of carbonyl (C=O) groups is 1. The highest BCUT2D eigenvalue weighted by Crippen LogP contribution is 2.28. The number of aliphatic carboxylic acids is 1. The summed E-state index contributed by atoms with van der Waals surface area (Å²) in [6.45, 7) is 9.04. The second-order valence-corrected chi connectivity index (χ2v) is 9.92. The van der Waals surface area contributed by atoms with Gasteiger partial charge in [-0.15, -0.1) is 0 Å². The first-order valence-electron chi connectivity index (χ1n) is 12.2. The molecule has 8 heteroatoms. The summed E-state index contributed by atoms with van der Waals surface area (Å²) in [5.74, 6) is -0.757. The van der Waals surface area contributed by atoms with Crippen LogP contribution in [0.4, 0.5) is 5.69 Å². The van der Waals surface area contributed by atoms with Gasteiger partial charge in [0.1, 0.15) is 6.23 Å². The summed E-state index contributed by atoms with van der Waals surface area (Å²) in [5.41, 5.74) is 2.33. The Morgan fingerprint density at radius 3 is 2.68 bits per heavy atom. The molecule has 3 N–H and O–H groups in total. The number of rotatable bonds is 10. The fourth-order valence-corrected chi connectivity index (χ4v) is 4.78. The molecular formula is C26H38N4O4. The molecule has 8 nitrogen and oxygen atoms in total. The SMILES string of the molecule is Cc1ccn(C(CC(C)C)C(O)N[C@H](CC(=O)O)c2cncc(N3CCCC[C@@H]3C)c2)c(=O)c1. The van der Waals surface area contributed by atoms with Crippen LogP contribution < -0.4 is 15.8 Å².